The number of carboxylic acids is 1. The second-order valence-corrected chi connectivity index (χ2v) is 8.85. The summed E-state index contributed by atoms with van der Waals surface area (Å²) in [6.07, 6.45) is 0. The lowest BCUT2D eigenvalue weighted by Gasteiger charge is -2.26. The molecule has 0 radical (unpaired) electrons. The lowest BCUT2D eigenvalue weighted by Crippen LogP contribution is -2.35. The quantitative estimate of drug-likeness (QED) is 0.695. The van der Waals surface area contributed by atoms with Gasteiger partial charge in [-0.05, 0) is 23.8 Å². The van der Waals surface area contributed by atoms with Gasteiger partial charge in [-0.25, -0.2) is 9.48 Å². The van der Waals surface area contributed by atoms with Crippen molar-refractivity contribution in [3.05, 3.63) is 65.4 Å². The SMILES string of the molecule is O=C(O)c1nn(-c2ccc(CN3CCOCC3)cc2)c2c1CS(=O)c1ccccc1-2. The zero-order valence-corrected chi connectivity index (χ0v) is 17.1. The third-order valence-corrected chi connectivity index (χ3v) is 6.94. The maximum atomic E-state index is 12.7. The van der Waals surface area contributed by atoms with E-state index in [4.69, 9.17) is 4.74 Å². The molecule has 5 rings (SSSR count). The molecule has 0 amide bonds. The van der Waals surface area contributed by atoms with Crippen molar-refractivity contribution in [1.82, 2.24) is 14.7 Å². The molecule has 2 aromatic carbocycles. The Hall–Kier alpha value is -2.81. The van der Waals surface area contributed by atoms with E-state index in [-0.39, 0.29) is 11.4 Å². The number of ether oxygens (including phenoxy) is 1. The maximum absolute atomic E-state index is 12.7. The van der Waals surface area contributed by atoms with Crippen LogP contribution < -0.4 is 0 Å². The summed E-state index contributed by atoms with van der Waals surface area (Å²) < 4.78 is 19.7. The Kier molecular flexibility index (Phi) is 4.98. The van der Waals surface area contributed by atoms with Crippen molar-refractivity contribution in [2.45, 2.75) is 17.2 Å². The standard InChI is InChI=1S/C22H21N3O4S/c26-22(27)20-18-14-30(28)19-4-2-1-3-17(19)21(18)25(23-20)16-7-5-15(6-8-16)13-24-9-11-29-12-10-24/h1-8H,9-14H2,(H,26,27). The highest BCUT2D eigenvalue weighted by atomic mass is 32.2. The Labute approximate surface area is 176 Å². The summed E-state index contributed by atoms with van der Waals surface area (Å²) in [6, 6.07) is 15.4. The van der Waals surface area contributed by atoms with Crippen LogP contribution in [0, 0.1) is 0 Å². The average Bonchev–Trinajstić information content (AvgIpc) is 3.15. The molecule has 2 aliphatic heterocycles. The summed E-state index contributed by atoms with van der Waals surface area (Å²) in [5.74, 6) is -0.950. The van der Waals surface area contributed by atoms with E-state index in [1.165, 1.54) is 5.56 Å². The first-order valence-electron chi connectivity index (χ1n) is 9.84. The van der Waals surface area contributed by atoms with Gasteiger partial charge in [0.05, 0.1) is 41.1 Å². The molecule has 7 nitrogen and oxygen atoms in total. The summed E-state index contributed by atoms with van der Waals surface area (Å²) in [6.45, 7) is 4.21. The lowest BCUT2D eigenvalue weighted by molar-refractivity contribution is 0.0342. The minimum Gasteiger partial charge on any atom is -0.476 e. The van der Waals surface area contributed by atoms with E-state index in [9.17, 15) is 14.1 Å². The normalized spacial score (nSPS) is 18.6. The van der Waals surface area contributed by atoms with Gasteiger partial charge in [0.2, 0.25) is 0 Å². The fourth-order valence-corrected chi connectivity index (χ4v) is 5.38. The highest BCUT2D eigenvalue weighted by Crippen LogP contribution is 2.38. The molecule has 30 heavy (non-hydrogen) atoms. The van der Waals surface area contributed by atoms with Gasteiger partial charge in [-0.3, -0.25) is 9.11 Å². The molecule has 1 atom stereocenters. The van der Waals surface area contributed by atoms with Crippen molar-refractivity contribution in [2.75, 3.05) is 26.3 Å². The molecule has 1 aromatic heterocycles. The van der Waals surface area contributed by atoms with E-state index in [1.54, 1.807) is 4.68 Å². The number of fused-ring (bicyclic) bond motifs is 3. The lowest BCUT2D eigenvalue weighted by atomic mass is 10.1. The molecule has 0 bridgehead atoms. The molecule has 154 valence electrons. The molecule has 8 heteroatoms. The highest BCUT2D eigenvalue weighted by molar-refractivity contribution is 7.84. The zero-order valence-electron chi connectivity index (χ0n) is 16.3. The number of carboxylic acid groups (broad SMARTS) is 1. The monoisotopic (exact) mass is 423 g/mol. The second-order valence-electron chi connectivity index (χ2n) is 7.43. The molecule has 1 fully saturated rings. The van der Waals surface area contributed by atoms with Crippen LogP contribution in [0.4, 0.5) is 0 Å². The Morgan fingerprint density at radius 2 is 1.83 bits per heavy atom. The minimum absolute atomic E-state index is 0.0368. The van der Waals surface area contributed by atoms with Crippen LogP contribution in [0.25, 0.3) is 16.9 Å². The second kappa shape index (κ2) is 7.79. The number of carbonyl (C=O) groups is 1. The van der Waals surface area contributed by atoms with Crippen molar-refractivity contribution in [3.63, 3.8) is 0 Å². The number of aromatic carboxylic acids is 1. The van der Waals surface area contributed by atoms with Gasteiger partial charge in [0.25, 0.3) is 0 Å². The van der Waals surface area contributed by atoms with Gasteiger partial charge >= 0.3 is 5.97 Å². The molecular formula is C22H21N3O4S. The first-order chi connectivity index (χ1) is 14.6. The molecule has 1 N–H and O–H groups in total. The van der Waals surface area contributed by atoms with Crippen molar-refractivity contribution >= 4 is 16.8 Å². The van der Waals surface area contributed by atoms with Crippen LogP contribution in [0.1, 0.15) is 21.6 Å². The Morgan fingerprint density at radius 1 is 1.10 bits per heavy atom. The largest absolute Gasteiger partial charge is 0.476 e. The molecule has 0 saturated carbocycles. The minimum atomic E-state index is -1.29. The van der Waals surface area contributed by atoms with Crippen LogP contribution in [0.2, 0.25) is 0 Å². The molecule has 2 aliphatic rings. The fraction of sp³-hybridized carbons (Fsp3) is 0.273. The third kappa shape index (κ3) is 3.36. The van der Waals surface area contributed by atoms with Crippen LogP contribution in [-0.2, 0) is 27.8 Å². The summed E-state index contributed by atoms with van der Waals surface area (Å²) in [5, 5.41) is 14.1. The van der Waals surface area contributed by atoms with Gasteiger partial charge in [0.15, 0.2) is 5.69 Å². The van der Waals surface area contributed by atoms with Gasteiger partial charge in [-0.1, -0.05) is 30.3 Å². The maximum Gasteiger partial charge on any atom is 0.356 e. The molecule has 1 unspecified atom stereocenters. The van der Waals surface area contributed by atoms with Crippen LogP contribution in [-0.4, -0.2) is 56.3 Å². The zero-order chi connectivity index (χ0) is 20.7. The number of rotatable bonds is 4. The summed E-state index contributed by atoms with van der Waals surface area (Å²) in [5.41, 5.74) is 3.94. The highest BCUT2D eigenvalue weighted by Gasteiger charge is 2.31. The molecule has 3 heterocycles. The van der Waals surface area contributed by atoms with Gasteiger partial charge in [0, 0.05) is 35.7 Å². The van der Waals surface area contributed by atoms with E-state index < -0.39 is 16.8 Å². The summed E-state index contributed by atoms with van der Waals surface area (Å²) in [7, 11) is -1.29. The molecule has 1 saturated heterocycles. The van der Waals surface area contributed by atoms with Crippen molar-refractivity contribution in [1.29, 1.82) is 0 Å². The van der Waals surface area contributed by atoms with Crippen molar-refractivity contribution in [2.24, 2.45) is 0 Å². The summed E-state index contributed by atoms with van der Waals surface area (Å²) >= 11 is 0. The van der Waals surface area contributed by atoms with Crippen molar-refractivity contribution in [3.8, 4) is 16.9 Å². The van der Waals surface area contributed by atoms with E-state index in [2.05, 4.69) is 10.00 Å². The van der Waals surface area contributed by atoms with E-state index in [0.717, 1.165) is 44.1 Å². The van der Waals surface area contributed by atoms with Crippen LogP contribution >= 0.6 is 0 Å². The van der Waals surface area contributed by atoms with Gasteiger partial charge in [-0.2, -0.15) is 5.10 Å². The molecule has 3 aromatic rings. The van der Waals surface area contributed by atoms with Gasteiger partial charge in [-0.15, -0.1) is 0 Å². The van der Waals surface area contributed by atoms with E-state index >= 15 is 0 Å². The van der Waals surface area contributed by atoms with Gasteiger partial charge in [0.1, 0.15) is 0 Å². The van der Waals surface area contributed by atoms with E-state index in [1.807, 2.05) is 48.5 Å². The van der Waals surface area contributed by atoms with Crippen LogP contribution in [0.3, 0.4) is 0 Å². The Bertz CT molecular complexity index is 1130. The predicted octanol–water partition coefficient (Wildman–Crippen LogP) is 2.69. The predicted molar refractivity (Wildman–Crippen MR) is 112 cm³/mol. The molecule has 0 aliphatic carbocycles. The number of nitrogens with zero attached hydrogens (tertiary/aromatic N) is 3. The number of aromatic nitrogens is 2. The van der Waals surface area contributed by atoms with Gasteiger partial charge < -0.3 is 9.84 Å². The smallest absolute Gasteiger partial charge is 0.356 e. The number of morpholine rings is 1. The van der Waals surface area contributed by atoms with E-state index in [0.29, 0.717) is 16.2 Å². The average molecular weight is 423 g/mol. The third-order valence-electron chi connectivity index (χ3n) is 5.54. The summed E-state index contributed by atoms with van der Waals surface area (Å²) in [4.78, 5) is 14.9. The molecule has 0 spiro atoms. The first kappa shape index (κ1) is 19.2. The van der Waals surface area contributed by atoms with Crippen molar-refractivity contribution < 1.29 is 18.8 Å². The number of hydrogen-bond acceptors (Lipinski definition) is 5. The van der Waals surface area contributed by atoms with Crippen LogP contribution in [0.15, 0.2) is 53.4 Å². The van der Waals surface area contributed by atoms with Crippen LogP contribution in [0.5, 0.6) is 0 Å². The Morgan fingerprint density at radius 3 is 2.57 bits per heavy atom. The number of benzene rings is 2. The fourth-order valence-electron chi connectivity index (χ4n) is 4.05. The first-order valence-corrected chi connectivity index (χ1v) is 11.2. The Balaban J connectivity index is 1.55. The number of hydrogen-bond donors (Lipinski definition) is 1. The molecular weight excluding hydrogens is 402 g/mol. The topological polar surface area (TPSA) is 84.7 Å².